The largest absolute Gasteiger partial charge is 0.351 e. The number of pyridine rings is 1. The summed E-state index contributed by atoms with van der Waals surface area (Å²) in [5.41, 5.74) is 3.66. The second-order valence-electron chi connectivity index (χ2n) is 8.89. The smallest absolute Gasteiger partial charge is 0.295 e. The van der Waals surface area contributed by atoms with Crippen LogP contribution >= 0.6 is 11.6 Å². The first-order valence-corrected chi connectivity index (χ1v) is 12.1. The van der Waals surface area contributed by atoms with E-state index in [1.54, 1.807) is 22.9 Å². The molecule has 7 nitrogen and oxygen atoms in total. The zero-order chi connectivity index (χ0) is 24.4. The van der Waals surface area contributed by atoms with Crippen molar-refractivity contribution in [1.29, 1.82) is 0 Å². The number of hydrogen-bond donors (Lipinski definition) is 1. The fourth-order valence-electron chi connectivity index (χ4n) is 4.53. The number of nitrogens with one attached hydrogen (secondary N) is 1. The number of aryl methyl sites for hydroxylation is 1. The van der Waals surface area contributed by atoms with Crippen molar-refractivity contribution in [1.82, 2.24) is 14.5 Å². The maximum Gasteiger partial charge on any atom is 0.295 e. The lowest BCUT2D eigenvalue weighted by atomic mass is 9.97. The first kappa shape index (κ1) is 23.1. The van der Waals surface area contributed by atoms with Crippen molar-refractivity contribution in [3.05, 3.63) is 93.4 Å². The van der Waals surface area contributed by atoms with Crippen LogP contribution < -0.4 is 15.8 Å². The van der Waals surface area contributed by atoms with Gasteiger partial charge in [-0.2, -0.15) is 0 Å². The fourth-order valence-corrected chi connectivity index (χ4v) is 4.70. The van der Waals surface area contributed by atoms with Gasteiger partial charge in [0.05, 0.1) is 12.5 Å². The van der Waals surface area contributed by atoms with E-state index < -0.39 is 0 Å². The van der Waals surface area contributed by atoms with Crippen molar-refractivity contribution in [2.45, 2.75) is 26.3 Å². The lowest BCUT2D eigenvalue weighted by molar-refractivity contribution is -0.120. The van der Waals surface area contributed by atoms with Gasteiger partial charge in [0.25, 0.3) is 5.56 Å². The second kappa shape index (κ2) is 9.88. The van der Waals surface area contributed by atoms with Crippen LogP contribution in [0.3, 0.4) is 0 Å². The lowest BCUT2D eigenvalue weighted by Crippen LogP contribution is -2.44. The van der Waals surface area contributed by atoms with E-state index >= 15 is 0 Å². The van der Waals surface area contributed by atoms with E-state index in [0.717, 1.165) is 24.0 Å². The Morgan fingerprint density at radius 1 is 1.14 bits per heavy atom. The van der Waals surface area contributed by atoms with Crippen molar-refractivity contribution in [3.63, 3.8) is 0 Å². The molecule has 1 aliphatic rings. The third-order valence-electron chi connectivity index (χ3n) is 6.42. The van der Waals surface area contributed by atoms with E-state index in [1.165, 1.54) is 0 Å². The Bertz CT molecular complexity index is 1440. The highest BCUT2D eigenvalue weighted by Gasteiger charge is 2.29. The zero-order valence-corrected chi connectivity index (χ0v) is 20.2. The van der Waals surface area contributed by atoms with E-state index in [2.05, 4.69) is 15.3 Å². The molecule has 1 amide bonds. The number of anilines is 2. The highest BCUT2D eigenvalue weighted by Crippen LogP contribution is 2.25. The molecule has 0 unspecified atom stereocenters. The second-order valence-corrected chi connectivity index (χ2v) is 9.33. The van der Waals surface area contributed by atoms with Gasteiger partial charge in [-0.05, 0) is 55.2 Å². The summed E-state index contributed by atoms with van der Waals surface area (Å²) in [4.78, 5) is 37.8. The molecule has 5 rings (SSSR count). The van der Waals surface area contributed by atoms with E-state index in [0.29, 0.717) is 47.3 Å². The summed E-state index contributed by atoms with van der Waals surface area (Å²) in [6.07, 6.45) is 3.20. The van der Waals surface area contributed by atoms with Gasteiger partial charge in [0.1, 0.15) is 5.52 Å². The monoisotopic (exact) mass is 487 g/mol. The summed E-state index contributed by atoms with van der Waals surface area (Å²) >= 11 is 6.12. The van der Waals surface area contributed by atoms with Crippen LogP contribution in [0.2, 0.25) is 5.02 Å². The van der Waals surface area contributed by atoms with Crippen molar-refractivity contribution in [2.24, 2.45) is 5.92 Å². The highest BCUT2D eigenvalue weighted by atomic mass is 35.5. The zero-order valence-electron chi connectivity index (χ0n) is 19.4. The van der Waals surface area contributed by atoms with Crippen LogP contribution in [0.5, 0.6) is 0 Å². The maximum atomic E-state index is 13.6. The van der Waals surface area contributed by atoms with Crippen LogP contribution in [0.1, 0.15) is 24.0 Å². The van der Waals surface area contributed by atoms with Crippen molar-refractivity contribution in [3.8, 4) is 0 Å². The molecule has 0 spiro atoms. The molecule has 1 fully saturated rings. The van der Waals surface area contributed by atoms with Gasteiger partial charge in [-0.25, -0.2) is 9.97 Å². The molecule has 0 aliphatic carbocycles. The number of halogens is 1. The molecule has 4 aromatic rings. The SMILES string of the molecule is Cc1ccc(Cl)cc1NC(=O)[C@H]1CCCN(c2nc3cccnc3n(Cc3ccccc3)c2=O)C1. The summed E-state index contributed by atoms with van der Waals surface area (Å²) in [5.74, 6) is 0.0144. The first-order chi connectivity index (χ1) is 17.0. The minimum atomic E-state index is -0.268. The van der Waals surface area contributed by atoms with Gasteiger partial charge in [0.2, 0.25) is 5.91 Å². The Labute approximate surface area is 208 Å². The van der Waals surface area contributed by atoms with Gasteiger partial charge in [0, 0.05) is 30.0 Å². The molecular formula is C27H26ClN5O2. The van der Waals surface area contributed by atoms with Crippen molar-refractivity contribution >= 4 is 40.2 Å². The molecule has 1 atom stereocenters. The Hall–Kier alpha value is -3.71. The van der Waals surface area contributed by atoms with Crippen LogP contribution in [-0.2, 0) is 11.3 Å². The molecule has 0 radical (unpaired) electrons. The van der Waals surface area contributed by atoms with Crippen LogP contribution in [0.25, 0.3) is 11.2 Å². The molecule has 35 heavy (non-hydrogen) atoms. The van der Waals surface area contributed by atoms with Crippen LogP contribution in [0, 0.1) is 12.8 Å². The number of piperidine rings is 1. The molecule has 1 N–H and O–H groups in total. The molecule has 178 valence electrons. The van der Waals surface area contributed by atoms with Crippen LogP contribution in [-0.4, -0.2) is 33.5 Å². The molecule has 1 saturated heterocycles. The number of nitrogens with zero attached hydrogens (tertiary/aromatic N) is 4. The third kappa shape index (κ3) is 4.91. The van der Waals surface area contributed by atoms with E-state index in [-0.39, 0.29) is 17.4 Å². The summed E-state index contributed by atoms with van der Waals surface area (Å²) in [7, 11) is 0. The van der Waals surface area contributed by atoms with Gasteiger partial charge in [-0.1, -0.05) is 48.0 Å². The summed E-state index contributed by atoms with van der Waals surface area (Å²) in [6.45, 7) is 3.42. The molecule has 2 aromatic heterocycles. The molecular weight excluding hydrogens is 462 g/mol. The molecule has 3 heterocycles. The standard InChI is InChI=1S/C27H26ClN5O2/c1-18-11-12-21(28)15-23(18)31-26(34)20-9-6-14-32(17-20)25-27(35)33(16-19-7-3-2-4-8-19)24-22(30-25)10-5-13-29-24/h2-5,7-8,10-13,15,20H,6,9,14,16-17H2,1H3,(H,31,34)/t20-/m0/s1. The number of hydrogen-bond acceptors (Lipinski definition) is 5. The highest BCUT2D eigenvalue weighted by molar-refractivity contribution is 6.31. The number of benzene rings is 2. The lowest BCUT2D eigenvalue weighted by Gasteiger charge is -2.32. The minimum Gasteiger partial charge on any atom is -0.351 e. The molecule has 0 bridgehead atoms. The Kier molecular flexibility index (Phi) is 6.51. The molecule has 1 aliphatic heterocycles. The number of carbonyl (C=O) groups excluding carboxylic acids is 1. The first-order valence-electron chi connectivity index (χ1n) is 11.7. The number of rotatable bonds is 5. The fraction of sp³-hybridized carbons (Fsp3) is 0.259. The average molecular weight is 488 g/mol. The number of aromatic nitrogens is 3. The summed E-state index contributed by atoms with van der Waals surface area (Å²) < 4.78 is 1.67. The van der Waals surface area contributed by atoms with Crippen molar-refractivity contribution in [2.75, 3.05) is 23.3 Å². The summed E-state index contributed by atoms with van der Waals surface area (Å²) in [5, 5.41) is 3.59. The Morgan fingerprint density at radius 3 is 2.80 bits per heavy atom. The third-order valence-corrected chi connectivity index (χ3v) is 6.65. The predicted octanol–water partition coefficient (Wildman–Crippen LogP) is 4.66. The van der Waals surface area contributed by atoms with E-state index in [1.807, 2.05) is 60.4 Å². The maximum absolute atomic E-state index is 13.6. The number of fused-ring (bicyclic) bond motifs is 1. The van der Waals surface area contributed by atoms with Crippen LogP contribution in [0.4, 0.5) is 11.5 Å². The summed E-state index contributed by atoms with van der Waals surface area (Å²) in [6, 6.07) is 18.9. The average Bonchev–Trinajstić information content (AvgIpc) is 2.88. The van der Waals surface area contributed by atoms with Crippen LogP contribution in [0.15, 0.2) is 71.7 Å². The number of carbonyl (C=O) groups is 1. The number of amides is 1. The molecule has 2 aromatic carbocycles. The van der Waals surface area contributed by atoms with E-state index in [4.69, 9.17) is 11.6 Å². The predicted molar refractivity (Wildman–Crippen MR) is 139 cm³/mol. The minimum absolute atomic E-state index is 0.0767. The van der Waals surface area contributed by atoms with Crippen molar-refractivity contribution < 1.29 is 4.79 Å². The van der Waals surface area contributed by atoms with Gasteiger partial charge in [-0.15, -0.1) is 0 Å². The molecule has 8 heteroatoms. The Morgan fingerprint density at radius 2 is 1.97 bits per heavy atom. The van der Waals surface area contributed by atoms with Gasteiger partial charge < -0.3 is 10.2 Å². The quantitative estimate of drug-likeness (QED) is 0.443. The van der Waals surface area contributed by atoms with Gasteiger partial charge >= 0.3 is 0 Å². The van der Waals surface area contributed by atoms with Gasteiger partial charge in [0.15, 0.2) is 11.5 Å². The normalized spacial score (nSPS) is 15.8. The Balaban J connectivity index is 1.44. The molecule has 0 saturated carbocycles. The topological polar surface area (TPSA) is 80.1 Å². The van der Waals surface area contributed by atoms with E-state index in [9.17, 15) is 9.59 Å². The van der Waals surface area contributed by atoms with Gasteiger partial charge in [-0.3, -0.25) is 14.2 Å².